The second-order valence-electron chi connectivity index (χ2n) is 5.46. The fraction of sp³-hybridized carbons (Fsp3) is 0.714. The van der Waals surface area contributed by atoms with E-state index < -0.39 is 11.4 Å². The summed E-state index contributed by atoms with van der Waals surface area (Å²) in [5.41, 5.74) is 0.0422. The van der Waals surface area contributed by atoms with Gasteiger partial charge in [-0.3, -0.25) is 9.48 Å². The third kappa shape index (κ3) is 2.97. The van der Waals surface area contributed by atoms with E-state index in [1.807, 2.05) is 16.9 Å². The Bertz CT molecular complexity index is 436. The van der Waals surface area contributed by atoms with E-state index in [-0.39, 0.29) is 0 Å². The molecule has 1 fully saturated rings. The molecule has 0 bridgehead atoms. The van der Waals surface area contributed by atoms with Gasteiger partial charge in [0.15, 0.2) is 0 Å². The lowest BCUT2D eigenvalue weighted by Gasteiger charge is -2.32. The van der Waals surface area contributed by atoms with Crippen molar-refractivity contribution in [1.29, 1.82) is 0 Å². The number of hydrogen-bond donors (Lipinski definition) is 1. The number of nitrogens with zero attached hydrogens (tertiary/aromatic N) is 2. The summed E-state index contributed by atoms with van der Waals surface area (Å²) in [7, 11) is 0. The molecule has 1 aromatic heterocycles. The highest BCUT2D eigenvalue weighted by atomic mass is 16.5. The summed E-state index contributed by atoms with van der Waals surface area (Å²) in [6.45, 7) is 5.17. The number of hydrogen-bond acceptors (Lipinski definition) is 3. The highest BCUT2D eigenvalue weighted by Gasteiger charge is 2.41. The van der Waals surface area contributed by atoms with E-state index in [0.29, 0.717) is 32.1 Å². The van der Waals surface area contributed by atoms with Gasteiger partial charge >= 0.3 is 5.97 Å². The van der Waals surface area contributed by atoms with Gasteiger partial charge in [0.05, 0.1) is 17.7 Å². The van der Waals surface area contributed by atoms with Crippen LogP contribution >= 0.6 is 0 Å². The van der Waals surface area contributed by atoms with Crippen LogP contribution in [-0.2, 0) is 16.0 Å². The molecular weight excluding hydrogens is 244 g/mol. The van der Waals surface area contributed by atoms with Crippen LogP contribution in [0.1, 0.15) is 44.8 Å². The zero-order valence-corrected chi connectivity index (χ0v) is 11.6. The number of carboxylic acid groups (broad SMARTS) is 1. The first-order valence-corrected chi connectivity index (χ1v) is 6.92. The van der Waals surface area contributed by atoms with Crippen molar-refractivity contribution >= 4 is 5.97 Å². The molecule has 1 aliphatic heterocycles. The SMILES string of the molecule is CCC(C)n1ccc(CC2(C(=O)O)CCCOC2)n1. The van der Waals surface area contributed by atoms with Gasteiger partial charge in [-0.15, -0.1) is 0 Å². The molecule has 2 heterocycles. The minimum Gasteiger partial charge on any atom is -0.481 e. The number of rotatable bonds is 5. The second-order valence-corrected chi connectivity index (χ2v) is 5.46. The lowest BCUT2D eigenvalue weighted by Crippen LogP contribution is -2.41. The van der Waals surface area contributed by atoms with Crippen molar-refractivity contribution in [2.75, 3.05) is 13.2 Å². The predicted molar refractivity (Wildman–Crippen MR) is 71.1 cm³/mol. The van der Waals surface area contributed by atoms with Gasteiger partial charge < -0.3 is 9.84 Å². The quantitative estimate of drug-likeness (QED) is 0.888. The molecular formula is C14H22N2O3. The van der Waals surface area contributed by atoms with Crippen LogP contribution in [0.5, 0.6) is 0 Å². The van der Waals surface area contributed by atoms with Crippen LogP contribution in [0.3, 0.4) is 0 Å². The van der Waals surface area contributed by atoms with Crippen LogP contribution in [0.25, 0.3) is 0 Å². The number of aliphatic carboxylic acids is 1. The Morgan fingerprint density at radius 3 is 3.05 bits per heavy atom. The number of aromatic nitrogens is 2. The van der Waals surface area contributed by atoms with Gasteiger partial charge in [-0.2, -0.15) is 5.10 Å². The molecule has 0 radical (unpaired) electrons. The third-order valence-corrected chi connectivity index (χ3v) is 4.00. The van der Waals surface area contributed by atoms with Crippen LogP contribution in [0, 0.1) is 5.41 Å². The Kier molecular flexibility index (Phi) is 4.24. The molecule has 2 unspecified atom stereocenters. The summed E-state index contributed by atoms with van der Waals surface area (Å²) < 4.78 is 7.29. The molecule has 0 saturated carbocycles. The highest BCUT2D eigenvalue weighted by molar-refractivity contribution is 5.75. The lowest BCUT2D eigenvalue weighted by molar-refractivity contribution is -0.157. The fourth-order valence-electron chi connectivity index (χ4n) is 2.49. The van der Waals surface area contributed by atoms with Gasteiger partial charge in [0.25, 0.3) is 0 Å². The number of ether oxygens (including phenoxy) is 1. The minimum atomic E-state index is -0.799. The molecule has 1 saturated heterocycles. The van der Waals surface area contributed by atoms with E-state index in [1.165, 1.54) is 0 Å². The van der Waals surface area contributed by atoms with Crippen molar-refractivity contribution in [2.45, 2.75) is 45.6 Å². The minimum absolute atomic E-state index is 0.290. The molecule has 106 valence electrons. The topological polar surface area (TPSA) is 64.4 Å². The maximum absolute atomic E-state index is 11.6. The molecule has 1 aromatic rings. The Morgan fingerprint density at radius 1 is 1.68 bits per heavy atom. The van der Waals surface area contributed by atoms with Crippen molar-refractivity contribution in [3.05, 3.63) is 18.0 Å². The first-order chi connectivity index (χ1) is 9.07. The summed E-state index contributed by atoms with van der Waals surface area (Å²) in [4.78, 5) is 11.6. The van der Waals surface area contributed by atoms with Crippen LogP contribution in [-0.4, -0.2) is 34.1 Å². The summed E-state index contributed by atoms with van der Waals surface area (Å²) in [6.07, 6.45) is 4.86. The Labute approximate surface area is 113 Å². The van der Waals surface area contributed by atoms with Crippen LogP contribution in [0.15, 0.2) is 12.3 Å². The zero-order chi connectivity index (χ0) is 13.9. The summed E-state index contributed by atoms with van der Waals surface area (Å²) in [6, 6.07) is 2.27. The van der Waals surface area contributed by atoms with Gasteiger partial charge in [-0.25, -0.2) is 0 Å². The Hall–Kier alpha value is -1.36. The monoisotopic (exact) mass is 266 g/mol. The first-order valence-electron chi connectivity index (χ1n) is 6.92. The van der Waals surface area contributed by atoms with Gasteiger partial charge in [-0.1, -0.05) is 6.92 Å². The van der Waals surface area contributed by atoms with Crippen molar-refractivity contribution < 1.29 is 14.6 Å². The standard InChI is InChI=1S/C14H22N2O3/c1-3-11(2)16-7-5-12(15-16)9-14(13(17)18)6-4-8-19-10-14/h5,7,11H,3-4,6,8-10H2,1-2H3,(H,17,18). The van der Waals surface area contributed by atoms with Crippen molar-refractivity contribution in [2.24, 2.45) is 5.41 Å². The summed E-state index contributed by atoms with van der Waals surface area (Å²) in [5, 5.41) is 14.0. The zero-order valence-electron chi connectivity index (χ0n) is 11.6. The smallest absolute Gasteiger partial charge is 0.312 e. The fourth-order valence-corrected chi connectivity index (χ4v) is 2.49. The normalized spacial score (nSPS) is 25.2. The van der Waals surface area contributed by atoms with Crippen LogP contribution < -0.4 is 0 Å². The Morgan fingerprint density at radius 2 is 2.47 bits per heavy atom. The van der Waals surface area contributed by atoms with E-state index in [4.69, 9.17) is 4.74 Å². The van der Waals surface area contributed by atoms with E-state index in [2.05, 4.69) is 18.9 Å². The van der Waals surface area contributed by atoms with Gasteiger partial charge in [0.1, 0.15) is 0 Å². The van der Waals surface area contributed by atoms with Gasteiger partial charge in [0, 0.05) is 25.3 Å². The first kappa shape index (κ1) is 14.1. The molecule has 5 nitrogen and oxygen atoms in total. The molecule has 2 atom stereocenters. The van der Waals surface area contributed by atoms with E-state index in [0.717, 1.165) is 18.5 Å². The predicted octanol–water partition coefficient (Wildman–Crippen LogP) is 2.28. The average Bonchev–Trinajstić information content (AvgIpc) is 2.87. The molecule has 5 heteroatoms. The molecule has 1 aliphatic rings. The maximum Gasteiger partial charge on any atom is 0.312 e. The van der Waals surface area contributed by atoms with Crippen molar-refractivity contribution in [1.82, 2.24) is 9.78 Å². The second kappa shape index (κ2) is 5.74. The van der Waals surface area contributed by atoms with E-state index >= 15 is 0 Å². The van der Waals surface area contributed by atoms with Gasteiger partial charge in [-0.05, 0) is 32.3 Å². The highest BCUT2D eigenvalue weighted by Crippen LogP contribution is 2.32. The van der Waals surface area contributed by atoms with Crippen LogP contribution in [0.2, 0.25) is 0 Å². The summed E-state index contributed by atoms with van der Waals surface area (Å²) >= 11 is 0. The van der Waals surface area contributed by atoms with E-state index in [1.54, 1.807) is 0 Å². The average molecular weight is 266 g/mol. The molecule has 1 N–H and O–H groups in total. The van der Waals surface area contributed by atoms with Crippen LogP contribution in [0.4, 0.5) is 0 Å². The van der Waals surface area contributed by atoms with E-state index in [9.17, 15) is 9.90 Å². The van der Waals surface area contributed by atoms with Crippen molar-refractivity contribution in [3.8, 4) is 0 Å². The molecule has 0 aliphatic carbocycles. The Balaban J connectivity index is 2.13. The number of carboxylic acids is 1. The maximum atomic E-state index is 11.6. The molecule has 0 spiro atoms. The van der Waals surface area contributed by atoms with Crippen molar-refractivity contribution in [3.63, 3.8) is 0 Å². The lowest BCUT2D eigenvalue weighted by atomic mass is 9.78. The molecule has 2 rings (SSSR count). The summed E-state index contributed by atoms with van der Waals surface area (Å²) in [5.74, 6) is -0.773. The van der Waals surface area contributed by atoms with Gasteiger partial charge in [0.2, 0.25) is 0 Å². The molecule has 0 amide bonds. The molecule has 0 aromatic carbocycles. The largest absolute Gasteiger partial charge is 0.481 e. The third-order valence-electron chi connectivity index (χ3n) is 4.00. The number of carbonyl (C=O) groups is 1. The molecule has 19 heavy (non-hydrogen) atoms.